The molecule has 1 aliphatic rings. The van der Waals surface area contributed by atoms with Gasteiger partial charge in [0.25, 0.3) is 0 Å². The number of amides is 1. The van der Waals surface area contributed by atoms with Gasteiger partial charge in [0.15, 0.2) is 0 Å². The molecular formula is C23H27N5O. The zero-order valence-corrected chi connectivity index (χ0v) is 17.2. The Labute approximate surface area is 171 Å². The molecule has 0 aliphatic carbocycles. The maximum atomic E-state index is 12.5. The van der Waals surface area contributed by atoms with Gasteiger partial charge in [-0.15, -0.1) is 0 Å². The van der Waals surface area contributed by atoms with Crippen LogP contribution in [-0.4, -0.2) is 25.6 Å². The standard InChI is InChI=1S/C23H27N5O/c1-16(28-18(3)24-17(2)26-28)11-23(29)25-22-10-9-20-14-27(15-21(20)12-22)13-19-7-5-4-6-8-19/h4-10,12,16H,11,13-15H2,1-3H3,(H,25,29). The third kappa shape index (κ3) is 4.54. The van der Waals surface area contributed by atoms with Gasteiger partial charge in [0, 0.05) is 31.7 Å². The first-order valence-corrected chi connectivity index (χ1v) is 10.1. The lowest BCUT2D eigenvalue weighted by Crippen LogP contribution is -2.19. The fourth-order valence-corrected chi connectivity index (χ4v) is 4.02. The van der Waals surface area contributed by atoms with Crippen LogP contribution in [0.25, 0.3) is 0 Å². The number of carbonyl (C=O) groups excluding carboxylic acids is 1. The normalized spacial score (nSPS) is 14.6. The van der Waals surface area contributed by atoms with Gasteiger partial charge < -0.3 is 5.32 Å². The van der Waals surface area contributed by atoms with E-state index in [1.807, 2.05) is 37.6 Å². The molecule has 0 saturated heterocycles. The lowest BCUT2D eigenvalue weighted by atomic mass is 10.1. The van der Waals surface area contributed by atoms with Gasteiger partial charge in [0.2, 0.25) is 5.91 Å². The van der Waals surface area contributed by atoms with Gasteiger partial charge in [-0.25, -0.2) is 9.67 Å². The van der Waals surface area contributed by atoms with Crippen LogP contribution in [0, 0.1) is 13.8 Å². The van der Waals surface area contributed by atoms with Crippen molar-refractivity contribution in [3.63, 3.8) is 0 Å². The second-order valence-corrected chi connectivity index (χ2v) is 7.87. The van der Waals surface area contributed by atoms with E-state index in [-0.39, 0.29) is 11.9 Å². The first kappa shape index (κ1) is 19.3. The molecule has 0 radical (unpaired) electrons. The predicted molar refractivity (Wildman–Crippen MR) is 113 cm³/mol. The number of anilines is 1. The summed E-state index contributed by atoms with van der Waals surface area (Å²) in [4.78, 5) is 19.3. The highest BCUT2D eigenvalue weighted by atomic mass is 16.1. The molecule has 0 saturated carbocycles. The summed E-state index contributed by atoms with van der Waals surface area (Å²) in [5.41, 5.74) is 4.80. The van der Waals surface area contributed by atoms with Crippen molar-refractivity contribution in [1.29, 1.82) is 0 Å². The largest absolute Gasteiger partial charge is 0.326 e. The van der Waals surface area contributed by atoms with E-state index in [9.17, 15) is 4.79 Å². The lowest BCUT2D eigenvalue weighted by molar-refractivity contribution is -0.116. The SMILES string of the molecule is Cc1nc(C)n(C(C)CC(=O)Nc2ccc3c(c2)CN(Cc2ccccc2)C3)n1. The Kier molecular flexibility index (Phi) is 5.45. The van der Waals surface area contributed by atoms with Crippen LogP contribution in [-0.2, 0) is 24.4 Å². The number of carbonyl (C=O) groups is 1. The van der Waals surface area contributed by atoms with Gasteiger partial charge >= 0.3 is 0 Å². The molecule has 1 atom stereocenters. The number of benzene rings is 2. The summed E-state index contributed by atoms with van der Waals surface area (Å²) in [7, 11) is 0. The topological polar surface area (TPSA) is 63.1 Å². The molecule has 3 aromatic rings. The van der Waals surface area contributed by atoms with Crippen molar-refractivity contribution in [2.45, 2.75) is 52.9 Å². The van der Waals surface area contributed by atoms with Gasteiger partial charge in [-0.05, 0) is 49.6 Å². The molecule has 0 fully saturated rings. The molecule has 6 nitrogen and oxygen atoms in total. The predicted octanol–water partition coefficient (Wildman–Crippen LogP) is 4.00. The Morgan fingerprint density at radius 1 is 1.10 bits per heavy atom. The molecule has 2 heterocycles. The van der Waals surface area contributed by atoms with Crippen molar-refractivity contribution in [2.24, 2.45) is 0 Å². The van der Waals surface area contributed by atoms with Gasteiger partial charge in [-0.3, -0.25) is 9.69 Å². The number of nitrogens with zero attached hydrogens (tertiary/aromatic N) is 4. The molecule has 0 spiro atoms. The zero-order valence-electron chi connectivity index (χ0n) is 17.2. The molecule has 1 aliphatic heterocycles. The highest BCUT2D eigenvalue weighted by molar-refractivity contribution is 5.91. The third-order valence-corrected chi connectivity index (χ3v) is 5.33. The van der Waals surface area contributed by atoms with Crippen LogP contribution >= 0.6 is 0 Å². The van der Waals surface area contributed by atoms with Crippen molar-refractivity contribution in [3.8, 4) is 0 Å². The van der Waals surface area contributed by atoms with E-state index in [1.54, 1.807) is 0 Å². The molecule has 2 aromatic carbocycles. The van der Waals surface area contributed by atoms with Crippen molar-refractivity contribution < 1.29 is 4.79 Å². The number of hydrogen-bond acceptors (Lipinski definition) is 4. The number of aryl methyl sites for hydroxylation is 2. The van der Waals surface area contributed by atoms with Gasteiger partial charge in [-0.1, -0.05) is 36.4 Å². The molecule has 150 valence electrons. The van der Waals surface area contributed by atoms with Crippen LogP contribution in [0.4, 0.5) is 5.69 Å². The summed E-state index contributed by atoms with van der Waals surface area (Å²) >= 11 is 0. The first-order valence-electron chi connectivity index (χ1n) is 10.1. The fourth-order valence-electron chi connectivity index (χ4n) is 4.02. The number of nitrogens with one attached hydrogen (secondary N) is 1. The lowest BCUT2D eigenvalue weighted by Gasteiger charge is -2.14. The highest BCUT2D eigenvalue weighted by Gasteiger charge is 2.20. The number of hydrogen-bond donors (Lipinski definition) is 1. The first-order chi connectivity index (χ1) is 14.0. The molecule has 1 amide bonds. The smallest absolute Gasteiger partial charge is 0.226 e. The maximum Gasteiger partial charge on any atom is 0.226 e. The van der Waals surface area contributed by atoms with Gasteiger partial charge in [0.1, 0.15) is 11.6 Å². The fraction of sp³-hybridized carbons (Fsp3) is 0.348. The van der Waals surface area contributed by atoms with Crippen molar-refractivity contribution in [1.82, 2.24) is 19.7 Å². The minimum atomic E-state index is -0.0352. The average Bonchev–Trinajstić information content (AvgIpc) is 3.23. The second-order valence-electron chi connectivity index (χ2n) is 7.87. The van der Waals surface area contributed by atoms with Crippen molar-refractivity contribution in [2.75, 3.05) is 5.32 Å². The monoisotopic (exact) mass is 389 g/mol. The van der Waals surface area contributed by atoms with Crippen molar-refractivity contribution >= 4 is 11.6 Å². The Morgan fingerprint density at radius 2 is 1.86 bits per heavy atom. The summed E-state index contributed by atoms with van der Waals surface area (Å²) in [5, 5.41) is 7.42. The molecule has 1 unspecified atom stereocenters. The van der Waals surface area contributed by atoms with E-state index in [1.165, 1.54) is 16.7 Å². The minimum absolute atomic E-state index is 0.0101. The Hall–Kier alpha value is -2.99. The molecule has 0 bridgehead atoms. The van der Waals surface area contributed by atoms with E-state index < -0.39 is 0 Å². The van der Waals surface area contributed by atoms with E-state index in [4.69, 9.17) is 0 Å². The average molecular weight is 390 g/mol. The Morgan fingerprint density at radius 3 is 2.59 bits per heavy atom. The zero-order chi connectivity index (χ0) is 20.4. The maximum absolute atomic E-state index is 12.5. The molecule has 29 heavy (non-hydrogen) atoms. The van der Waals surface area contributed by atoms with Crippen LogP contribution in [0.5, 0.6) is 0 Å². The summed E-state index contributed by atoms with van der Waals surface area (Å²) in [5.74, 6) is 1.55. The van der Waals surface area contributed by atoms with Crippen LogP contribution < -0.4 is 5.32 Å². The third-order valence-electron chi connectivity index (χ3n) is 5.33. The minimum Gasteiger partial charge on any atom is -0.326 e. The van der Waals surface area contributed by atoms with Gasteiger partial charge in [-0.2, -0.15) is 5.10 Å². The van der Waals surface area contributed by atoms with Crippen LogP contribution in [0.1, 0.15) is 47.7 Å². The quantitative estimate of drug-likeness (QED) is 0.692. The molecule has 6 heteroatoms. The Bertz CT molecular complexity index is 1010. The van der Waals surface area contributed by atoms with E-state index in [2.05, 4.69) is 56.7 Å². The van der Waals surface area contributed by atoms with Crippen LogP contribution in [0.2, 0.25) is 0 Å². The van der Waals surface area contributed by atoms with Crippen molar-refractivity contribution in [3.05, 3.63) is 76.9 Å². The molecule has 4 rings (SSSR count). The summed E-state index contributed by atoms with van der Waals surface area (Å²) in [6, 6.07) is 16.7. The highest BCUT2D eigenvalue weighted by Crippen LogP contribution is 2.27. The second kappa shape index (κ2) is 8.17. The summed E-state index contributed by atoms with van der Waals surface area (Å²) in [6.07, 6.45) is 0.362. The number of rotatable bonds is 6. The molecule has 1 aromatic heterocycles. The van der Waals surface area contributed by atoms with Crippen LogP contribution in [0.3, 0.4) is 0 Å². The van der Waals surface area contributed by atoms with Crippen LogP contribution in [0.15, 0.2) is 48.5 Å². The number of aromatic nitrogens is 3. The summed E-state index contributed by atoms with van der Waals surface area (Å²) in [6.45, 7) is 8.55. The van der Waals surface area contributed by atoms with E-state index in [0.29, 0.717) is 6.42 Å². The number of fused-ring (bicyclic) bond motifs is 1. The van der Waals surface area contributed by atoms with E-state index >= 15 is 0 Å². The van der Waals surface area contributed by atoms with E-state index in [0.717, 1.165) is 37.0 Å². The van der Waals surface area contributed by atoms with Gasteiger partial charge in [0.05, 0.1) is 6.04 Å². The Balaban J connectivity index is 1.36. The molecular weight excluding hydrogens is 362 g/mol. The summed E-state index contributed by atoms with van der Waals surface area (Å²) < 4.78 is 1.82. The molecule has 1 N–H and O–H groups in total.